The van der Waals surface area contributed by atoms with Crippen molar-refractivity contribution in [2.75, 3.05) is 7.11 Å². The van der Waals surface area contributed by atoms with E-state index >= 15 is 0 Å². The SMILES string of the molecule is COC(C)(CC(=O)c1ccccc1)c1ccccc1. The van der Waals surface area contributed by atoms with Gasteiger partial charge in [-0.3, -0.25) is 4.79 Å². The zero-order chi connectivity index (χ0) is 13.7. The smallest absolute Gasteiger partial charge is 0.166 e. The summed E-state index contributed by atoms with van der Waals surface area (Å²) in [6.45, 7) is 1.95. The lowest BCUT2D eigenvalue weighted by molar-refractivity contribution is -0.00165. The molecule has 0 spiro atoms. The Labute approximate surface area is 114 Å². The molecule has 0 saturated heterocycles. The normalized spacial score (nSPS) is 13.8. The number of rotatable bonds is 5. The Hall–Kier alpha value is -1.93. The minimum absolute atomic E-state index is 0.0915. The van der Waals surface area contributed by atoms with E-state index in [0.29, 0.717) is 6.42 Å². The molecule has 0 N–H and O–H groups in total. The molecule has 2 aromatic rings. The molecule has 0 amide bonds. The summed E-state index contributed by atoms with van der Waals surface area (Å²) in [5, 5.41) is 0. The van der Waals surface area contributed by atoms with E-state index in [2.05, 4.69) is 0 Å². The monoisotopic (exact) mass is 254 g/mol. The Bertz CT molecular complexity index is 534. The Morgan fingerprint density at radius 1 is 1.00 bits per heavy atom. The van der Waals surface area contributed by atoms with Crippen molar-refractivity contribution in [3.05, 3.63) is 71.8 Å². The number of carbonyl (C=O) groups is 1. The first kappa shape index (κ1) is 13.5. The average molecular weight is 254 g/mol. The molecule has 0 radical (unpaired) electrons. The third kappa shape index (κ3) is 3.09. The summed E-state index contributed by atoms with van der Waals surface area (Å²) in [4.78, 5) is 12.3. The van der Waals surface area contributed by atoms with Crippen molar-refractivity contribution in [2.45, 2.75) is 18.9 Å². The molecule has 1 unspecified atom stereocenters. The number of ketones is 1. The summed E-state index contributed by atoms with van der Waals surface area (Å²) in [6, 6.07) is 19.2. The first-order valence-electron chi connectivity index (χ1n) is 6.34. The molecule has 0 saturated carbocycles. The van der Waals surface area contributed by atoms with Crippen LogP contribution in [0.2, 0.25) is 0 Å². The predicted octanol–water partition coefficient (Wildman–Crippen LogP) is 3.82. The van der Waals surface area contributed by atoms with Gasteiger partial charge in [-0.2, -0.15) is 0 Å². The van der Waals surface area contributed by atoms with E-state index < -0.39 is 5.60 Å². The first-order valence-corrected chi connectivity index (χ1v) is 6.34. The summed E-state index contributed by atoms with van der Waals surface area (Å²) < 4.78 is 5.60. The molecule has 2 nitrogen and oxygen atoms in total. The molecule has 0 aliphatic rings. The minimum atomic E-state index is -0.589. The second-order valence-electron chi connectivity index (χ2n) is 4.77. The van der Waals surface area contributed by atoms with Gasteiger partial charge in [0.25, 0.3) is 0 Å². The van der Waals surface area contributed by atoms with E-state index in [-0.39, 0.29) is 5.78 Å². The quantitative estimate of drug-likeness (QED) is 0.758. The topological polar surface area (TPSA) is 26.3 Å². The van der Waals surface area contributed by atoms with Crippen LogP contribution < -0.4 is 0 Å². The van der Waals surface area contributed by atoms with Gasteiger partial charge in [0.15, 0.2) is 5.78 Å². The maximum atomic E-state index is 12.3. The van der Waals surface area contributed by atoms with Gasteiger partial charge in [0.2, 0.25) is 0 Å². The van der Waals surface area contributed by atoms with Gasteiger partial charge in [-0.15, -0.1) is 0 Å². The fourth-order valence-electron chi connectivity index (χ4n) is 2.12. The number of methoxy groups -OCH3 is 1. The standard InChI is InChI=1S/C17H18O2/c1-17(19-2,15-11-7-4-8-12-15)13-16(18)14-9-5-3-6-10-14/h3-12H,13H2,1-2H3. The molecule has 0 heterocycles. The van der Waals surface area contributed by atoms with Gasteiger partial charge < -0.3 is 4.74 Å². The van der Waals surface area contributed by atoms with Crippen LogP contribution in [0.4, 0.5) is 0 Å². The van der Waals surface area contributed by atoms with Crippen molar-refractivity contribution in [3.63, 3.8) is 0 Å². The lowest BCUT2D eigenvalue weighted by Crippen LogP contribution is -2.28. The molecule has 2 aromatic carbocycles. The average Bonchev–Trinajstić information content (AvgIpc) is 2.49. The molecule has 2 heteroatoms. The number of ether oxygens (including phenoxy) is 1. The molecule has 19 heavy (non-hydrogen) atoms. The van der Waals surface area contributed by atoms with Crippen LogP contribution in [0.3, 0.4) is 0 Å². The molecule has 1 atom stereocenters. The van der Waals surface area contributed by atoms with Crippen molar-refractivity contribution in [2.24, 2.45) is 0 Å². The number of carbonyl (C=O) groups excluding carboxylic acids is 1. The van der Waals surface area contributed by atoms with Crippen molar-refractivity contribution < 1.29 is 9.53 Å². The van der Waals surface area contributed by atoms with Crippen LogP contribution in [0.25, 0.3) is 0 Å². The van der Waals surface area contributed by atoms with E-state index in [4.69, 9.17) is 4.74 Å². The second kappa shape index (κ2) is 5.81. The number of benzene rings is 2. The summed E-state index contributed by atoms with van der Waals surface area (Å²) in [5.74, 6) is 0.0915. The van der Waals surface area contributed by atoms with E-state index in [0.717, 1.165) is 11.1 Å². The third-order valence-corrected chi connectivity index (χ3v) is 3.43. The predicted molar refractivity (Wildman–Crippen MR) is 76.2 cm³/mol. The highest BCUT2D eigenvalue weighted by molar-refractivity contribution is 5.96. The third-order valence-electron chi connectivity index (χ3n) is 3.43. The summed E-state index contributed by atoms with van der Waals surface area (Å²) in [7, 11) is 1.64. The van der Waals surface area contributed by atoms with Crippen molar-refractivity contribution >= 4 is 5.78 Å². The van der Waals surface area contributed by atoms with Crippen LogP contribution in [0.5, 0.6) is 0 Å². The van der Waals surface area contributed by atoms with Crippen LogP contribution >= 0.6 is 0 Å². The maximum Gasteiger partial charge on any atom is 0.166 e. The van der Waals surface area contributed by atoms with E-state index in [1.807, 2.05) is 67.6 Å². The minimum Gasteiger partial charge on any atom is -0.373 e. The maximum absolute atomic E-state index is 12.3. The number of Topliss-reactive ketones (excluding diaryl/α,β-unsaturated/α-hetero) is 1. The van der Waals surface area contributed by atoms with Gasteiger partial charge in [0.1, 0.15) is 0 Å². The Morgan fingerprint density at radius 2 is 1.53 bits per heavy atom. The fraction of sp³-hybridized carbons (Fsp3) is 0.235. The molecule has 0 aliphatic heterocycles. The van der Waals surface area contributed by atoms with Gasteiger partial charge in [-0.1, -0.05) is 60.7 Å². The number of hydrogen-bond acceptors (Lipinski definition) is 2. The first-order chi connectivity index (χ1) is 9.15. The van der Waals surface area contributed by atoms with Crippen LogP contribution in [0.15, 0.2) is 60.7 Å². The number of hydrogen-bond donors (Lipinski definition) is 0. The van der Waals surface area contributed by atoms with E-state index in [1.54, 1.807) is 7.11 Å². The Morgan fingerprint density at radius 3 is 2.05 bits per heavy atom. The molecule has 0 aliphatic carbocycles. The summed E-state index contributed by atoms with van der Waals surface area (Å²) in [5.41, 5.74) is 1.15. The van der Waals surface area contributed by atoms with Crippen molar-refractivity contribution in [1.29, 1.82) is 0 Å². The van der Waals surface area contributed by atoms with E-state index in [9.17, 15) is 4.79 Å². The lowest BCUT2D eigenvalue weighted by Gasteiger charge is -2.28. The Balaban J connectivity index is 2.22. The van der Waals surface area contributed by atoms with Gasteiger partial charge in [-0.25, -0.2) is 0 Å². The molecule has 0 fully saturated rings. The lowest BCUT2D eigenvalue weighted by atomic mass is 9.88. The molecule has 98 valence electrons. The molecular weight excluding hydrogens is 236 g/mol. The summed E-state index contributed by atoms with van der Waals surface area (Å²) >= 11 is 0. The zero-order valence-corrected chi connectivity index (χ0v) is 11.3. The summed E-state index contributed by atoms with van der Waals surface area (Å²) in [6.07, 6.45) is 0.331. The van der Waals surface area contributed by atoms with E-state index in [1.165, 1.54) is 0 Å². The van der Waals surface area contributed by atoms with Gasteiger partial charge >= 0.3 is 0 Å². The molecular formula is C17H18O2. The van der Waals surface area contributed by atoms with Crippen molar-refractivity contribution in [1.82, 2.24) is 0 Å². The Kier molecular flexibility index (Phi) is 4.13. The zero-order valence-electron chi connectivity index (χ0n) is 11.3. The van der Waals surface area contributed by atoms with Gasteiger partial charge in [0.05, 0.1) is 5.60 Å². The molecule has 2 rings (SSSR count). The molecule has 0 bridgehead atoms. The molecule has 0 aromatic heterocycles. The van der Waals surface area contributed by atoms with Crippen LogP contribution in [0.1, 0.15) is 29.3 Å². The van der Waals surface area contributed by atoms with Crippen molar-refractivity contribution in [3.8, 4) is 0 Å². The highest BCUT2D eigenvalue weighted by Gasteiger charge is 2.29. The van der Waals surface area contributed by atoms with Gasteiger partial charge in [-0.05, 0) is 12.5 Å². The van der Waals surface area contributed by atoms with Crippen LogP contribution in [-0.2, 0) is 10.3 Å². The van der Waals surface area contributed by atoms with Gasteiger partial charge in [0, 0.05) is 19.1 Å². The highest BCUT2D eigenvalue weighted by atomic mass is 16.5. The van der Waals surface area contributed by atoms with Crippen LogP contribution in [-0.4, -0.2) is 12.9 Å². The van der Waals surface area contributed by atoms with Crippen LogP contribution in [0, 0.1) is 0 Å². The second-order valence-corrected chi connectivity index (χ2v) is 4.77. The fourth-order valence-corrected chi connectivity index (χ4v) is 2.12. The highest BCUT2D eigenvalue weighted by Crippen LogP contribution is 2.29. The largest absolute Gasteiger partial charge is 0.373 e.